The Labute approximate surface area is 180 Å². The molecular weight excluding hydrogens is 434 g/mol. The van der Waals surface area contributed by atoms with Gasteiger partial charge in [0.2, 0.25) is 5.91 Å². The summed E-state index contributed by atoms with van der Waals surface area (Å²) in [4.78, 5) is 25.8. The van der Waals surface area contributed by atoms with Crippen molar-refractivity contribution in [2.24, 2.45) is 11.8 Å². The molecule has 0 saturated carbocycles. The molecule has 0 unspecified atom stereocenters. The Balaban J connectivity index is 1.56. The Morgan fingerprint density at radius 2 is 2.21 bits per heavy atom. The van der Waals surface area contributed by atoms with Crippen LogP contribution in [0.5, 0.6) is 0 Å². The number of carbonyl (C=O) groups excluding carboxylic acids is 1. The molecule has 0 aromatic heterocycles. The summed E-state index contributed by atoms with van der Waals surface area (Å²) in [5.41, 5.74) is 0.121. The van der Waals surface area contributed by atoms with Crippen LogP contribution in [0.1, 0.15) is 40.5 Å². The number of amides is 1. The molecule has 0 aromatic carbocycles. The molecule has 0 aliphatic carbocycles. The van der Waals surface area contributed by atoms with Crippen LogP contribution in [0.2, 0.25) is 5.04 Å². The van der Waals surface area contributed by atoms with E-state index in [1.807, 2.05) is 0 Å². The first-order valence-electron chi connectivity index (χ1n) is 9.68. The zero-order valence-electron chi connectivity index (χ0n) is 16.8. The lowest BCUT2D eigenvalue weighted by molar-refractivity contribution is -0.152. The number of hydrogen-bond donors (Lipinski definition) is 1. The molecule has 6 nitrogen and oxygen atoms in total. The van der Waals surface area contributed by atoms with Crippen molar-refractivity contribution in [3.05, 3.63) is 9.93 Å². The maximum atomic E-state index is 12.6. The van der Waals surface area contributed by atoms with Gasteiger partial charge in [0.05, 0.1) is 15.5 Å². The summed E-state index contributed by atoms with van der Waals surface area (Å²) in [7, 11) is -1.50. The van der Waals surface area contributed by atoms with Gasteiger partial charge in [-0.2, -0.15) is 0 Å². The average Bonchev–Trinajstić information content (AvgIpc) is 3.16. The number of thioether (sulfide) groups is 2. The Bertz CT molecular complexity index is 711. The van der Waals surface area contributed by atoms with Gasteiger partial charge < -0.3 is 9.53 Å². The second-order valence-electron chi connectivity index (χ2n) is 8.59. The van der Waals surface area contributed by atoms with Gasteiger partial charge in [0.15, 0.2) is 15.5 Å². The van der Waals surface area contributed by atoms with Gasteiger partial charge in [-0.25, -0.2) is 4.79 Å². The number of carboxylic acids is 1. The molecule has 28 heavy (non-hydrogen) atoms. The molecule has 2 fully saturated rings. The predicted molar refractivity (Wildman–Crippen MR) is 118 cm³/mol. The lowest BCUT2D eigenvalue weighted by Crippen LogP contribution is -2.57. The maximum Gasteiger partial charge on any atom is 0.354 e. The Morgan fingerprint density at radius 3 is 2.79 bits per heavy atom. The minimum atomic E-state index is -1.05. The summed E-state index contributed by atoms with van der Waals surface area (Å²) >= 11 is 2.98. The van der Waals surface area contributed by atoms with Crippen LogP contribution in [0, 0.1) is 11.8 Å². The summed E-state index contributed by atoms with van der Waals surface area (Å²) in [6, 6.07) is 0. The van der Waals surface area contributed by atoms with Gasteiger partial charge in [0.1, 0.15) is 0 Å². The van der Waals surface area contributed by atoms with Crippen molar-refractivity contribution < 1.29 is 23.3 Å². The van der Waals surface area contributed by atoms with Crippen molar-refractivity contribution in [1.82, 2.24) is 4.90 Å². The van der Waals surface area contributed by atoms with E-state index in [0.29, 0.717) is 34.7 Å². The van der Waals surface area contributed by atoms with Gasteiger partial charge in [-0.3, -0.25) is 13.9 Å². The van der Waals surface area contributed by atoms with E-state index in [2.05, 4.69) is 27.7 Å². The van der Waals surface area contributed by atoms with E-state index >= 15 is 0 Å². The fourth-order valence-electron chi connectivity index (χ4n) is 3.29. The smallest absolute Gasteiger partial charge is 0.354 e. The Morgan fingerprint density at radius 1 is 1.50 bits per heavy atom. The largest absolute Gasteiger partial charge is 0.477 e. The highest BCUT2D eigenvalue weighted by atomic mass is 32.2. The molecule has 2 saturated heterocycles. The van der Waals surface area contributed by atoms with Crippen molar-refractivity contribution >= 4 is 56.0 Å². The van der Waals surface area contributed by atoms with Crippen molar-refractivity contribution in [3.8, 4) is 0 Å². The van der Waals surface area contributed by atoms with Crippen molar-refractivity contribution in [2.45, 2.75) is 56.2 Å². The van der Waals surface area contributed by atoms with E-state index < -0.39 is 26.5 Å². The molecule has 3 aliphatic rings. The number of carboxylic acid groups (broad SMARTS) is 1. The van der Waals surface area contributed by atoms with E-state index in [-0.39, 0.29) is 33.2 Å². The molecule has 0 radical (unpaired) electrons. The highest BCUT2D eigenvalue weighted by molar-refractivity contribution is 8.23. The molecule has 3 aliphatic heterocycles. The van der Waals surface area contributed by atoms with Crippen molar-refractivity contribution in [3.63, 3.8) is 0 Å². The molecule has 0 aromatic rings. The van der Waals surface area contributed by atoms with Crippen LogP contribution >= 0.6 is 23.5 Å². The van der Waals surface area contributed by atoms with E-state index in [1.54, 1.807) is 0 Å². The van der Waals surface area contributed by atoms with Crippen LogP contribution in [-0.2, 0) is 24.8 Å². The van der Waals surface area contributed by atoms with Gasteiger partial charge in [-0.05, 0) is 23.8 Å². The minimum Gasteiger partial charge on any atom is -0.477 e. The number of aliphatic carboxylic acids is 1. The van der Waals surface area contributed by atoms with Crippen LogP contribution in [-0.4, -0.2) is 64.6 Å². The third kappa shape index (κ3) is 4.55. The molecule has 158 valence electrons. The topological polar surface area (TPSA) is 83.9 Å². The summed E-state index contributed by atoms with van der Waals surface area (Å²) in [6.45, 7) is 9.44. The fourth-order valence-corrected chi connectivity index (χ4v) is 9.65. The van der Waals surface area contributed by atoms with Crippen molar-refractivity contribution in [1.29, 1.82) is 0 Å². The number of fused-ring (bicyclic) bond motifs is 1. The summed E-state index contributed by atoms with van der Waals surface area (Å²) in [6.07, 6.45) is 1.48. The fraction of sp³-hybridized carbons (Fsp3) is 0.778. The maximum absolute atomic E-state index is 12.6. The zero-order valence-corrected chi connectivity index (χ0v) is 20.7. The first-order valence-corrected chi connectivity index (χ1v) is 14.2. The molecule has 0 spiro atoms. The van der Waals surface area contributed by atoms with Crippen LogP contribution in [0.25, 0.3) is 0 Å². The Kier molecular flexibility index (Phi) is 7.06. The third-order valence-electron chi connectivity index (χ3n) is 5.94. The number of rotatable bonds is 9. The number of hydrogen-bond acceptors (Lipinski definition) is 6. The van der Waals surface area contributed by atoms with Crippen molar-refractivity contribution in [2.75, 3.05) is 18.1 Å². The minimum absolute atomic E-state index is 0.103. The predicted octanol–water partition coefficient (Wildman–Crippen LogP) is 2.37. The second-order valence-corrected chi connectivity index (χ2v) is 15.4. The summed E-state index contributed by atoms with van der Waals surface area (Å²) in [5, 5.41) is 9.91. The molecule has 1 amide bonds. The molecule has 3 heterocycles. The average molecular weight is 464 g/mol. The highest BCUT2D eigenvalue weighted by Gasteiger charge is 2.56. The SMILES string of the molecule is CC(C)C(C)(C)[SiH2]OCC[C@H]1C(=O)N2C(C(=O)O)=C(S[C@H]3CC[S@@](=O)C3)S[C@H]12. The van der Waals surface area contributed by atoms with Crippen LogP contribution in [0.4, 0.5) is 0 Å². The lowest BCUT2D eigenvalue weighted by atomic mass is 9.94. The quantitative estimate of drug-likeness (QED) is 0.319. The number of carbonyl (C=O) groups is 2. The van der Waals surface area contributed by atoms with Gasteiger partial charge >= 0.3 is 5.97 Å². The Hall–Kier alpha value is -0.293. The normalized spacial score (nSPS) is 30.6. The number of β-lactam (4-membered cyclic amide) rings is 1. The van der Waals surface area contributed by atoms with Crippen LogP contribution < -0.4 is 0 Å². The molecular formula is C18H29NO5S3Si. The lowest BCUT2D eigenvalue weighted by Gasteiger charge is -2.42. The standard InChI is InChI=1S/C18H29NO5S3Si/c1-10(2)18(3,4)28-24-7-5-12-14(20)19-13(16(21)22)17(26-15(12)19)25-11-6-8-27(23)9-11/h10-12,15H,5-9,28H2,1-4H3,(H,21,22)/t11-,12-,15+,27+/m0/s1. The van der Waals surface area contributed by atoms with Gasteiger partial charge in [-0.15, -0.1) is 11.8 Å². The van der Waals surface area contributed by atoms with Gasteiger partial charge in [-0.1, -0.05) is 39.5 Å². The van der Waals surface area contributed by atoms with E-state index in [9.17, 15) is 18.9 Å². The monoisotopic (exact) mass is 463 g/mol. The molecule has 10 heteroatoms. The van der Waals surface area contributed by atoms with E-state index in [0.717, 1.165) is 6.42 Å². The number of nitrogens with zero attached hydrogens (tertiary/aromatic N) is 1. The first kappa shape index (κ1) is 22.4. The van der Waals surface area contributed by atoms with E-state index in [1.165, 1.54) is 28.4 Å². The van der Waals surface area contributed by atoms with Crippen LogP contribution in [0.15, 0.2) is 9.93 Å². The molecule has 1 N–H and O–H groups in total. The highest BCUT2D eigenvalue weighted by Crippen LogP contribution is 2.55. The molecule has 0 bridgehead atoms. The van der Waals surface area contributed by atoms with Gasteiger partial charge in [0.25, 0.3) is 0 Å². The summed E-state index contributed by atoms with van der Waals surface area (Å²) in [5.74, 6) is 0.525. The summed E-state index contributed by atoms with van der Waals surface area (Å²) < 4.78 is 18.3. The zero-order chi connectivity index (χ0) is 20.6. The van der Waals surface area contributed by atoms with Crippen LogP contribution in [0.3, 0.4) is 0 Å². The second kappa shape index (κ2) is 8.83. The van der Waals surface area contributed by atoms with E-state index in [4.69, 9.17) is 4.43 Å². The first-order chi connectivity index (χ1) is 13.1. The van der Waals surface area contributed by atoms with Gasteiger partial charge in [0, 0.05) is 34.2 Å². The third-order valence-corrected chi connectivity index (χ3v) is 12.6. The molecule has 3 rings (SSSR count). The molecule has 4 atom stereocenters.